The van der Waals surface area contributed by atoms with Crippen LogP contribution in [0, 0.1) is 0 Å². The molecule has 0 saturated heterocycles. The van der Waals surface area contributed by atoms with Gasteiger partial charge in [-0.1, -0.05) is 60.7 Å². The topological polar surface area (TPSA) is 95.5 Å². The van der Waals surface area contributed by atoms with Crippen LogP contribution >= 0.6 is 0 Å². The normalized spacial score (nSPS) is 11.9. The van der Waals surface area contributed by atoms with Crippen molar-refractivity contribution >= 4 is 11.9 Å². The van der Waals surface area contributed by atoms with Gasteiger partial charge in [0.2, 0.25) is 0 Å². The maximum absolute atomic E-state index is 13.8. The molecule has 1 amide bonds. The van der Waals surface area contributed by atoms with E-state index in [1.807, 2.05) is 30.3 Å². The molecule has 37 heavy (non-hydrogen) atoms. The third-order valence-corrected chi connectivity index (χ3v) is 5.84. The number of carbonyl (C=O) groups excluding carboxylic acids is 1. The Morgan fingerprint density at radius 2 is 1.68 bits per heavy atom. The number of hydrogen-bond donors (Lipinski definition) is 2. The highest BCUT2D eigenvalue weighted by molar-refractivity contribution is 5.94. The van der Waals surface area contributed by atoms with Crippen LogP contribution in [0.15, 0.2) is 91.3 Å². The average molecular weight is 500 g/mol. The molecule has 0 aliphatic heterocycles. The minimum Gasteiger partial charge on any atom is -0.493 e. The lowest BCUT2D eigenvalue weighted by molar-refractivity contribution is -0.137. The second-order valence-corrected chi connectivity index (χ2v) is 8.59. The molecule has 7 heteroatoms. The van der Waals surface area contributed by atoms with Gasteiger partial charge in [-0.25, -0.2) is 0 Å². The number of H-pyrrole nitrogens is 1. The van der Waals surface area contributed by atoms with Crippen LogP contribution in [0.25, 0.3) is 11.1 Å². The third kappa shape index (κ3) is 7.54. The van der Waals surface area contributed by atoms with E-state index in [4.69, 9.17) is 12.6 Å². The second kappa shape index (κ2) is 13.1. The molecule has 0 radical (unpaired) electrons. The summed E-state index contributed by atoms with van der Waals surface area (Å²) in [7, 11) is 0. The first kappa shape index (κ1) is 23.0. The molecule has 0 aliphatic rings. The number of ether oxygens (including phenoxy) is 1. The summed E-state index contributed by atoms with van der Waals surface area (Å²) in [5, 5.41) is 15.5. The Labute approximate surface area is 219 Å². The zero-order chi connectivity index (χ0) is 27.7. The Morgan fingerprint density at radius 1 is 0.919 bits per heavy atom. The average Bonchev–Trinajstić information content (AvgIpc) is 3.49. The number of carboxylic acid groups (broad SMARTS) is 1. The number of hydrogen-bond acceptors (Lipinski definition) is 4. The maximum atomic E-state index is 13.8. The largest absolute Gasteiger partial charge is 0.493 e. The maximum Gasteiger partial charge on any atom is 0.303 e. The number of nitrogens with one attached hydrogen (secondary N) is 1. The Bertz CT molecular complexity index is 1360. The summed E-state index contributed by atoms with van der Waals surface area (Å²) in [5.41, 5.74) is 3.18. The summed E-state index contributed by atoms with van der Waals surface area (Å²) in [6.07, 6.45) is 5.59. The minimum atomic E-state index is -2.11. The molecule has 0 aliphatic carbocycles. The van der Waals surface area contributed by atoms with Crippen LogP contribution in [-0.2, 0) is 17.8 Å². The fourth-order valence-corrected chi connectivity index (χ4v) is 3.88. The lowest BCUT2D eigenvalue weighted by atomic mass is 10.1. The van der Waals surface area contributed by atoms with Crippen LogP contribution in [0.1, 0.15) is 49.9 Å². The monoisotopic (exact) mass is 499 g/mol. The van der Waals surface area contributed by atoms with Gasteiger partial charge in [0.1, 0.15) is 5.75 Å². The zero-order valence-electron chi connectivity index (χ0n) is 22.5. The Morgan fingerprint density at radius 3 is 2.41 bits per heavy atom. The lowest BCUT2D eigenvalue weighted by Crippen LogP contribution is -2.30. The predicted octanol–water partition coefficient (Wildman–Crippen LogP) is 5.94. The van der Waals surface area contributed by atoms with Crippen LogP contribution in [0.4, 0.5) is 0 Å². The molecule has 0 bridgehead atoms. The number of carboxylic acids is 1. The van der Waals surface area contributed by atoms with Crippen LogP contribution in [-0.4, -0.2) is 38.7 Å². The van der Waals surface area contributed by atoms with Crippen molar-refractivity contribution in [3.63, 3.8) is 0 Å². The van der Waals surface area contributed by atoms with Crippen LogP contribution in [0.2, 0.25) is 0 Å². The van der Waals surface area contributed by atoms with Crippen molar-refractivity contribution in [2.24, 2.45) is 0 Å². The minimum absolute atomic E-state index is 0.0145. The number of benzene rings is 3. The number of aromatic amines is 1. The highest BCUT2D eigenvalue weighted by Gasteiger charge is 2.19. The first-order chi connectivity index (χ1) is 18.9. The third-order valence-electron chi connectivity index (χ3n) is 5.84. The van der Waals surface area contributed by atoms with E-state index < -0.39 is 18.4 Å². The first-order valence-corrected chi connectivity index (χ1v) is 12.3. The zero-order valence-corrected chi connectivity index (χ0v) is 20.5. The Balaban J connectivity index is 1.57. The predicted molar refractivity (Wildman–Crippen MR) is 142 cm³/mol. The number of nitrogens with zero attached hydrogens (tertiary/aromatic N) is 2. The fourth-order valence-electron chi connectivity index (χ4n) is 3.88. The molecule has 0 atom stereocenters. The quantitative estimate of drug-likeness (QED) is 0.222. The van der Waals surface area contributed by atoms with Gasteiger partial charge in [-0.2, -0.15) is 5.10 Å². The summed E-state index contributed by atoms with van der Waals surface area (Å²) < 4.78 is 24.0. The molecule has 0 spiro atoms. The summed E-state index contributed by atoms with van der Waals surface area (Å²) in [5.74, 6) is -0.700. The number of aliphatic carboxylic acids is 1. The molecule has 7 nitrogen and oxygen atoms in total. The summed E-state index contributed by atoms with van der Waals surface area (Å²) >= 11 is 0. The summed E-state index contributed by atoms with van der Waals surface area (Å²) in [4.78, 5) is 25.8. The van der Waals surface area contributed by atoms with Gasteiger partial charge in [-0.3, -0.25) is 14.7 Å². The molecular formula is C30H31N3O4. The van der Waals surface area contributed by atoms with E-state index in [1.54, 1.807) is 60.9 Å². The van der Waals surface area contributed by atoms with Gasteiger partial charge in [0.15, 0.2) is 0 Å². The molecule has 190 valence electrons. The molecule has 3 aromatic carbocycles. The molecular weight excluding hydrogens is 466 g/mol. The van der Waals surface area contributed by atoms with Crippen molar-refractivity contribution in [3.05, 3.63) is 108 Å². The van der Waals surface area contributed by atoms with Gasteiger partial charge in [0.25, 0.3) is 5.91 Å². The van der Waals surface area contributed by atoms with Gasteiger partial charge in [0.05, 0.1) is 15.5 Å². The SMILES string of the molecule is [2H]C([2H])(c1ccccc1)N(Cc1ccccc1OCCCCCC(=O)O)C(=O)c1ccc(-c2cn[nH]c2)cc1. The van der Waals surface area contributed by atoms with Crippen molar-refractivity contribution in [1.29, 1.82) is 0 Å². The number of para-hydroxylation sites is 1. The first-order valence-electron chi connectivity index (χ1n) is 13.3. The van der Waals surface area contributed by atoms with Crippen molar-refractivity contribution < 1.29 is 22.2 Å². The Hall–Kier alpha value is -4.39. The molecule has 4 aromatic rings. The van der Waals surface area contributed by atoms with Crippen molar-refractivity contribution in [2.75, 3.05) is 6.61 Å². The summed E-state index contributed by atoms with van der Waals surface area (Å²) in [6, 6.07) is 22.9. The fraction of sp³-hybridized carbons (Fsp3) is 0.233. The molecule has 2 N–H and O–H groups in total. The van der Waals surface area contributed by atoms with E-state index in [2.05, 4.69) is 10.2 Å². The molecule has 0 unspecified atom stereocenters. The van der Waals surface area contributed by atoms with Gasteiger partial charge in [0, 0.05) is 42.3 Å². The smallest absolute Gasteiger partial charge is 0.303 e. The van der Waals surface area contributed by atoms with Crippen molar-refractivity contribution in [1.82, 2.24) is 15.1 Å². The van der Waals surface area contributed by atoms with E-state index in [-0.39, 0.29) is 13.0 Å². The van der Waals surface area contributed by atoms with Gasteiger partial charge in [-0.05, 0) is 48.6 Å². The number of unbranched alkanes of at least 4 members (excludes halogenated alkanes) is 2. The standard InChI is InChI=1S/C30H31N3O4/c34-29(35)13-5-2-8-18-37-28-12-7-6-11-26(28)22-33(21-23-9-3-1-4-10-23)30(36)25-16-14-24(15-17-25)27-19-31-32-20-27/h1,3-4,6-7,9-12,14-17,19-20H,2,5,8,13,18,21-22H2,(H,31,32)(H,34,35)/i21D2. The Kier molecular flexibility index (Phi) is 8.13. The van der Waals surface area contributed by atoms with E-state index in [1.165, 1.54) is 4.90 Å². The van der Waals surface area contributed by atoms with Crippen LogP contribution in [0.3, 0.4) is 0 Å². The van der Waals surface area contributed by atoms with Crippen molar-refractivity contribution in [3.8, 4) is 16.9 Å². The van der Waals surface area contributed by atoms with Gasteiger partial charge >= 0.3 is 5.97 Å². The van der Waals surface area contributed by atoms with Crippen LogP contribution < -0.4 is 4.74 Å². The molecule has 1 heterocycles. The highest BCUT2D eigenvalue weighted by Crippen LogP contribution is 2.24. The number of carbonyl (C=O) groups is 2. The molecule has 4 rings (SSSR count). The van der Waals surface area contributed by atoms with E-state index in [0.29, 0.717) is 41.9 Å². The number of aromatic nitrogens is 2. The van der Waals surface area contributed by atoms with E-state index >= 15 is 0 Å². The summed E-state index contributed by atoms with van der Waals surface area (Å²) in [6.45, 7) is -1.73. The van der Waals surface area contributed by atoms with Gasteiger partial charge in [-0.15, -0.1) is 0 Å². The highest BCUT2D eigenvalue weighted by atomic mass is 16.5. The lowest BCUT2D eigenvalue weighted by Gasteiger charge is -2.24. The van der Waals surface area contributed by atoms with E-state index in [9.17, 15) is 9.59 Å². The number of amides is 1. The number of rotatable bonds is 13. The molecule has 1 aromatic heterocycles. The van der Waals surface area contributed by atoms with Crippen molar-refractivity contribution in [2.45, 2.75) is 38.7 Å². The molecule has 0 saturated carbocycles. The van der Waals surface area contributed by atoms with Crippen LogP contribution in [0.5, 0.6) is 5.75 Å². The second-order valence-electron chi connectivity index (χ2n) is 8.59. The molecule has 0 fully saturated rings. The van der Waals surface area contributed by atoms with E-state index in [0.717, 1.165) is 17.5 Å². The van der Waals surface area contributed by atoms with Gasteiger partial charge < -0.3 is 14.7 Å².